The molecule has 1 aromatic carbocycles. The highest BCUT2D eigenvalue weighted by Crippen LogP contribution is 2.39. The van der Waals surface area contributed by atoms with Crippen molar-refractivity contribution < 1.29 is 0 Å². The van der Waals surface area contributed by atoms with E-state index in [0.717, 1.165) is 24.1 Å². The van der Waals surface area contributed by atoms with Gasteiger partial charge < -0.3 is 16.8 Å². The average Bonchev–Trinajstić information content (AvgIpc) is 2.39. The molecule has 0 amide bonds. The van der Waals surface area contributed by atoms with E-state index in [4.69, 9.17) is 46.3 Å². The number of nitrogens with two attached hydrogens (primary N) is 2. The molecule has 5 nitrogen and oxygen atoms in total. The van der Waals surface area contributed by atoms with Crippen LogP contribution in [-0.2, 0) is 0 Å². The number of nitrogens with zero attached hydrogens (tertiary/aromatic N) is 2. The second-order valence-electron chi connectivity index (χ2n) is 4.36. The number of guanidine groups is 1. The van der Waals surface area contributed by atoms with Gasteiger partial charge in [0.05, 0.1) is 12.3 Å². The molecule has 0 saturated heterocycles. The van der Waals surface area contributed by atoms with Gasteiger partial charge in [-0.3, -0.25) is 0 Å². The lowest BCUT2D eigenvalue weighted by Gasteiger charge is -2.26. The number of alkyl halides is 3. The Morgan fingerprint density at radius 3 is 2.38 bits per heavy atom. The van der Waals surface area contributed by atoms with Gasteiger partial charge in [-0.05, 0) is 24.1 Å². The van der Waals surface area contributed by atoms with E-state index in [9.17, 15) is 0 Å². The molecule has 1 rings (SSSR count). The first kappa shape index (κ1) is 18.0. The fourth-order valence-corrected chi connectivity index (χ4v) is 2.26. The van der Waals surface area contributed by atoms with Gasteiger partial charge in [-0.2, -0.15) is 5.10 Å². The first-order chi connectivity index (χ1) is 9.84. The van der Waals surface area contributed by atoms with Crippen LogP contribution in [0.3, 0.4) is 0 Å². The fraction of sp³-hybridized carbons (Fsp3) is 0.385. The highest BCUT2D eigenvalue weighted by molar-refractivity contribution is 6.68. The second kappa shape index (κ2) is 8.44. The average molecular weight is 351 g/mol. The third-order valence-electron chi connectivity index (χ3n) is 2.58. The number of rotatable bonds is 6. The Labute approximate surface area is 139 Å². The highest BCUT2D eigenvalue weighted by atomic mass is 35.6. The fourth-order valence-electron chi connectivity index (χ4n) is 1.65. The van der Waals surface area contributed by atoms with Crippen molar-refractivity contribution in [3.63, 3.8) is 0 Å². The van der Waals surface area contributed by atoms with Gasteiger partial charge in [0, 0.05) is 0 Å². The Morgan fingerprint density at radius 1 is 1.29 bits per heavy atom. The molecule has 5 N–H and O–H groups in total. The summed E-state index contributed by atoms with van der Waals surface area (Å²) in [4.78, 5) is 0. The molecule has 8 heteroatoms. The van der Waals surface area contributed by atoms with E-state index in [1.807, 2.05) is 31.2 Å². The molecule has 21 heavy (non-hydrogen) atoms. The molecular weight excluding hydrogens is 333 g/mol. The van der Waals surface area contributed by atoms with Gasteiger partial charge in [0.2, 0.25) is 9.75 Å². The summed E-state index contributed by atoms with van der Waals surface area (Å²) in [5.74, 6) is -0.0945. The van der Waals surface area contributed by atoms with Crippen LogP contribution < -0.4 is 16.8 Å². The first-order valence-corrected chi connectivity index (χ1v) is 7.50. The van der Waals surface area contributed by atoms with Crippen molar-refractivity contribution in [2.75, 3.05) is 6.54 Å². The van der Waals surface area contributed by atoms with E-state index in [1.54, 1.807) is 0 Å². The highest BCUT2D eigenvalue weighted by Gasteiger charge is 2.33. The Kier molecular flexibility index (Phi) is 7.25. The van der Waals surface area contributed by atoms with Crippen LogP contribution in [0.15, 0.2) is 34.5 Å². The minimum Gasteiger partial charge on any atom is -0.369 e. The quantitative estimate of drug-likeness (QED) is 0.319. The van der Waals surface area contributed by atoms with Crippen LogP contribution in [0.25, 0.3) is 0 Å². The first-order valence-electron chi connectivity index (χ1n) is 6.36. The van der Waals surface area contributed by atoms with Gasteiger partial charge in [0.15, 0.2) is 0 Å². The van der Waals surface area contributed by atoms with E-state index < -0.39 is 3.79 Å². The van der Waals surface area contributed by atoms with Crippen LogP contribution in [0.4, 0.5) is 0 Å². The molecule has 0 aliphatic rings. The zero-order chi connectivity index (χ0) is 15.9. The van der Waals surface area contributed by atoms with Gasteiger partial charge in [0.1, 0.15) is 0 Å². The van der Waals surface area contributed by atoms with E-state index in [1.165, 1.54) is 6.21 Å². The van der Waals surface area contributed by atoms with Crippen molar-refractivity contribution in [3.05, 3.63) is 35.4 Å². The maximum atomic E-state index is 6.02. The third-order valence-corrected chi connectivity index (χ3v) is 3.23. The molecule has 0 radical (unpaired) electrons. The number of nitrogens with one attached hydrogen (secondary N) is 1. The van der Waals surface area contributed by atoms with Crippen LogP contribution in [0.5, 0.6) is 0 Å². The Balaban J connectivity index is 2.87. The minimum atomic E-state index is -1.43. The monoisotopic (exact) mass is 349 g/mol. The van der Waals surface area contributed by atoms with Gasteiger partial charge in [-0.15, -0.1) is 5.10 Å². The van der Waals surface area contributed by atoms with Crippen molar-refractivity contribution in [1.82, 2.24) is 5.32 Å². The zero-order valence-electron chi connectivity index (χ0n) is 11.6. The van der Waals surface area contributed by atoms with E-state index >= 15 is 0 Å². The molecule has 1 aromatic rings. The van der Waals surface area contributed by atoms with Crippen LogP contribution >= 0.6 is 34.8 Å². The van der Waals surface area contributed by atoms with Crippen molar-refractivity contribution >= 4 is 47.0 Å². The molecule has 0 aromatic heterocycles. The molecule has 0 unspecified atom stereocenters. The molecular formula is C13H18Cl3N5. The van der Waals surface area contributed by atoms with Crippen molar-refractivity contribution in [3.8, 4) is 0 Å². The van der Waals surface area contributed by atoms with Crippen molar-refractivity contribution in [2.24, 2.45) is 21.7 Å². The van der Waals surface area contributed by atoms with E-state index in [2.05, 4.69) is 15.5 Å². The number of hydrogen-bond acceptors (Lipinski definition) is 3. The van der Waals surface area contributed by atoms with Crippen LogP contribution in [0.2, 0.25) is 0 Å². The smallest absolute Gasteiger partial charge is 0.211 e. The summed E-state index contributed by atoms with van der Waals surface area (Å²) in [6, 6.07) is 7.04. The number of hydrogen-bond donors (Lipinski definition) is 3. The molecule has 0 fully saturated rings. The van der Waals surface area contributed by atoms with Gasteiger partial charge in [-0.1, -0.05) is 66.0 Å². The topological polar surface area (TPSA) is 88.8 Å². The molecule has 0 heterocycles. The summed E-state index contributed by atoms with van der Waals surface area (Å²) >= 11 is 18.1. The third kappa shape index (κ3) is 6.52. The molecule has 0 saturated carbocycles. The molecule has 0 aliphatic carbocycles. The molecule has 116 valence electrons. The largest absolute Gasteiger partial charge is 0.369 e. The van der Waals surface area contributed by atoms with Crippen molar-refractivity contribution in [2.45, 2.75) is 23.2 Å². The predicted octanol–water partition coefficient (Wildman–Crippen LogP) is 2.70. The van der Waals surface area contributed by atoms with Crippen LogP contribution in [0, 0.1) is 0 Å². The second-order valence-corrected chi connectivity index (χ2v) is 6.73. The lowest BCUT2D eigenvalue weighted by Crippen LogP contribution is -2.32. The maximum absolute atomic E-state index is 6.02. The van der Waals surface area contributed by atoms with E-state index in [-0.39, 0.29) is 12.0 Å². The van der Waals surface area contributed by atoms with Crippen molar-refractivity contribution in [1.29, 1.82) is 0 Å². The van der Waals surface area contributed by atoms with Gasteiger partial charge in [0.25, 0.3) is 0 Å². The molecule has 0 aliphatic heterocycles. The summed E-state index contributed by atoms with van der Waals surface area (Å²) in [7, 11) is 0. The summed E-state index contributed by atoms with van der Waals surface area (Å²) in [5.41, 5.74) is 12.1. The zero-order valence-corrected chi connectivity index (χ0v) is 13.8. The summed E-state index contributed by atoms with van der Waals surface area (Å²) in [5, 5.41) is 10.5. The minimum absolute atomic E-state index is 0.0945. The summed E-state index contributed by atoms with van der Waals surface area (Å²) < 4.78 is -1.43. The number of benzene rings is 1. The lowest BCUT2D eigenvalue weighted by atomic mass is 10.1. The Morgan fingerprint density at radius 2 is 1.90 bits per heavy atom. The lowest BCUT2D eigenvalue weighted by molar-refractivity contribution is 0.539. The molecule has 0 spiro atoms. The maximum Gasteiger partial charge on any atom is 0.211 e. The summed E-state index contributed by atoms with van der Waals surface area (Å²) in [6.45, 7) is 2.80. The van der Waals surface area contributed by atoms with Gasteiger partial charge >= 0.3 is 0 Å². The Bertz CT molecular complexity index is 490. The van der Waals surface area contributed by atoms with Crippen LogP contribution in [0.1, 0.15) is 30.5 Å². The normalized spacial score (nSPS) is 13.3. The molecule has 0 bridgehead atoms. The van der Waals surface area contributed by atoms with E-state index in [0.29, 0.717) is 0 Å². The number of halogens is 3. The van der Waals surface area contributed by atoms with Crippen LogP contribution in [-0.4, -0.2) is 22.5 Å². The molecule has 1 atom stereocenters. The predicted molar refractivity (Wildman–Crippen MR) is 91.2 cm³/mol. The summed E-state index contributed by atoms with van der Waals surface area (Å²) in [6.07, 6.45) is 2.48. The standard InChI is InChI=1S/C13H18Cl3N5/c1-2-7-19-11(13(14,15)16)10-5-3-9(4-6-10)8-20-21-12(17)18/h3-6,8,11,19H,2,7H2,1H3,(H4,17,18,21)/b20-8-/t11-/m0/s1. The van der Waals surface area contributed by atoms with Gasteiger partial charge in [-0.25, -0.2) is 0 Å². The Hall–Kier alpha value is -1.01. The SMILES string of the molecule is CCCN[C@@H](c1ccc(/C=N\N=C(N)N)cc1)C(Cl)(Cl)Cl.